The lowest BCUT2D eigenvalue weighted by Crippen LogP contribution is -2.31. The highest BCUT2D eigenvalue weighted by atomic mass is 14.8. The van der Waals surface area contributed by atoms with Gasteiger partial charge in [-0.15, -0.1) is 0 Å². The molecule has 0 bridgehead atoms. The van der Waals surface area contributed by atoms with Gasteiger partial charge in [0, 0.05) is 0 Å². The molecule has 1 heteroatoms. The highest BCUT2D eigenvalue weighted by Crippen LogP contribution is 2.38. The fourth-order valence-electron chi connectivity index (χ4n) is 3.15. The molecule has 1 N–H and O–H groups in total. The number of rotatable bonds is 5. The Balaban J connectivity index is 2.45. The molecular formula is C14H29N. The third-order valence-electron chi connectivity index (χ3n) is 4.43. The number of hydrogen-bond acceptors (Lipinski definition) is 1. The van der Waals surface area contributed by atoms with E-state index in [-0.39, 0.29) is 0 Å². The van der Waals surface area contributed by atoms with Crippen LogP contribution in [0.15, 0.2) is 0 Å². The third-order valence-corrected chi connectivity index (χ3v) is 4.43. The Hall–Kier alpha value is -0.0400. The van der Waals surface area contributed by atoms with Crippen molar-refractivity contribution in [3.63, 3.8) is 0 Å². The standard InChI is InChI=1S/C14H29N/c1-5-6-14(10-15-4)13-8-7-11(2)12(3)9-13/h11-15H,5-10H2,1-4H3. The van der Waals surface area contributed by atoms with E-state index in [1.807, 2.05) is 0 Å². The Kier molecular flexibility index (Phi) is 5.66. The summed E-state index contributed by atoms with van der Waals surface area (Å²) in [5, 5.41) is 3.38. The van der Waals surface area contributed by atoms with Crippen LogP contribution in [0, 0.1) is 23.7 Å². The van der Waals surface area contributed by atoms with Gasteiger partial charge in [0.25, 0.3) is 0 Å². The summed E-state index contributed by atoms with van der Waals surface area (Å²) in [5.74, 6) is 3.82. The second-order valence-corrected chi connectivity index (χ2v) is 5.63. The minimum Gasteiger partial charge on any atom is -0.319 e. The summed E-state index contributed by atoms with van der Waals surface area (Å²) < 4.78 is 0. The highest BCUT2D eigenvalue weighted by molar-refractivity contribution is 4.80. The minimum absolute atomic E-state index is 0.926. The summed E-state index contributed by atoms with van der Waals surface area (Å²) in [7, 11) is 2.09. The van der Waals surface area contributed by atoms with Crippen LogP contribution < -0.4 is 5.32 Å². The summed E-state index contributed by atoms with van der Waals surface area (Å²) in [6.07, 6.45) is 7.14. The van der Waals surface area contributed by atoms with Crippen LogP contribution in [0.1, 0.15) is 52.9 Å². The van der Waals surface area contributed by atoms with Crippen LogP contribution >= 0.6 is 0 Å². The first-order chi connectivity index (χ1) is 7.19. The van der Waals surface area contributed by atoms with E-state index in [2.05, 4.69) is 33.1 Å². The number of hydrogen-bond donors (Lipinski definition) is 1. The van der Waals surface area contributed by atoms with Gasteiger partial charge in [-0.2, -0.15) is 0 Å². The Bertz CT molecular complexity index is 161. The van der Waals surface area contributed by atoms with Crippen molar-refractivity contribution in [2.24, 2.45) is 23.7 Å². The molecule has 1 nitrogen and oxygen atoms in total. The topological polar surface area (TPSA) is 12.0 Å². The van der Waals surface area contributed by atoms with Gasteiger partial charge in [-0.05, 0) is 56.5 Å². The predicted molar refractivity (Wildman–Crippen MR) is 68.0 cm³/mol. The Morgan fingerprint density at radius 2 is 1.93 bits per heavy atom. The zero-order valence-corrected chi connectivity index (χ0v) is 11.1. The quantitative estimate of drug-likeness (QED) is 0.731. The second kappa shape index (κ2) is 6.52. The first kappa shape index (κ1) is 13.0. The van der Waals surface area contributed by atoms with Crippen LogP contribution in [-0.2, 0) is 0 Å². The molecule has 0 aromatic rings. The molecule has 0 radical (unpaired) electrons. The van der Waals surface area contributed by atoms with Crippen molar-refractivity contribution in [1.29, 1.82) is 0 Å². The first-order valence-electron chi connectivity index (χ1n) is 6.83. The Labute approximate surface area is 96.0 Å². The molecule has 1 aliphatic carbocycles. The van der Waals surface area contributed by atoms with Crippen LogP contribution in [0.25, 0.3) is 0 Å². The van der Waals surface area contributed by atoms with Crippen LogP contribution in [0.3, 0.4) is 0 Å². The zero-order chi connectivity index (χ0) is 11.3. The van der Waals surface area contributed by atoms with Gasteiger partial charge < -0.3 is 5.32 Å². The Morgan fingerprint density at radius 3 is 2.47 bits per heavy atom. The van der Waals surface area contributed by atoms with Gasteiger partial charge in [0.15, 0.2) is 0 Å². The highest BCUT2D eigenvalue weighted by Gasteiger charge is 2.29. The molecule has 90 valence electrons. The van der Waals surface area contributed by atoms with E-state index in [0.717, 1.165) is 23.7 Å². The fourth-order valence-corrected chi connectivity index (χ4v) is 3.15. The summed E-state index contributed by atoms with van der Waals surface area (Å²) in [4.78, 5) is 0. The molecule has 4 unspecified atom stereocenters. The maximum Gasteiger partial charge on any atom is -0.00209 e. The van der Waals surface area contributed by atoms with Gasteiger partial charge in [0.05, 0.1) is 0 Å². The van der Waals surface area contributed by atoms with E-state index in [1.54, 1.807) is 0 Å². The molecule has 1 fully saturated rings. The summed E-state index contributed by atoms with van der Waals surface area (Å²) in [6, 6.07) is 0. The molecule has 0 spiro atoms. The lowest BCUT2D eigenvalue weighted by molar-refractivity contribution is 0.149. The molecule has 0 aliphatic heterocycles. The molecule has 1 aliphatic rings. The van der Waals surface area contributed by atoms with Gasteiger partial charge in [-0.1, -0.05) is 33.6 Å². The van der Waals surface area contributed by atoms with Gasteiger partial charge in [0.1, 0.15) is 0 Å². The molecule has 1 rings (SSSR count). The summed E-state index contributed by atoms with van der Waals surface area (Å²) in [6.45, 7) is 8.41. The van der Waals surface area contributed by atoms with Crippen molar-refractivity contribution in [2.45, 2.75) is 52.9 Å². The molecule has 0 saturated heterocycles. The van der Waals surface area contributed by atoms with Crippen LogP contribution in [0.5, 0.6) is 0 Å². The van der Waals surface area contributed by atoms with Crippen molar-refractivity contribution in [1.82, 2.24) is 5.32 Å². The van der Waals surface area contributed by atoms with Gasteiger partial charge in [-0.25, -0.2) is 0 Å². The SMILES string of the molecule is CCCC(CNC)C1CCC(C)C(C)C1. The van der Waals surface area contributed by atoms with E-state index >= 15 is 0 Å². The first-order valence-corrected chi connectivity index (χ1v) is 6.83. The Morgan fingerprint density at radius 1 is 1.20 bits per heavy atom. The molecule has 0 aromatic heterocycles. The third kappa shape index (κ3) is 3.79. The summed E-state index contributed by atoms with van der Waals surface area (Å²) in [5.41, 5.74) is 0. The van der Waals surface area contributed by atoms with E-state index < -0.39 is 0 Å². The van der Waals surface area contributed by atoms with Gasteiger partial charge in [-0.3, -0.25) is 0 Å². The average Bonchev–Trinajstić information content (AvgIpc) is 2.22. The maximum absolute atomic E-state index is 3.38. The monoisotopic (exact) mass is 211 g/mol. The average molecular weight is 211 g/mol. The zero-order valence-electron chi connectivity index (χ0n) is 11.1. The van der Waals surface area contributed by atoms with E-state index in [9.17, 15) is 0 Å². The van der Waals surface area contributed by atoms with Crippen molar-refractivity contribution in [3.05, 3.63) is 0 Å². The largest absolute Gasteiger partial charge is 0.319 e. The molecule has 15 heavy (non-hydrogen) atoms. The normalized spacial score (nSPS) is 34.0. The van der Waals surface area contributed by atoms with Crippen LogP contribution in [0.2, 0.25) is 0 Å². The predicted octanol–water partition coefficient (Wildman–Crippen LogP) is 3.69. The number of nitrogens with one attached hydrogen (secondary N) is 1. The molecular weight excluding hydrogens is 182 g/mol. The lowest BCUT2D eigenvalue weighted by atomic mass is 9.70. The summed E-state index contributed by atoms with van der Waals surface area (Å²) >= 11 is 0. The second-order valence-electron chi connectivity index (χ2n) is 5.63. The van der Waals surface area contributed by atoms with E-state index in [1.165, 1.54) is 38.6 Å². The van der Waals surface area contributed by atoms with Gasteiger partial charge in [0.2, 0.25) is 0 Å². The van der Waals surface area contributed by atoms with Crippen molar-refractivity contribution >= 4 is 0 Å². The van der Waals surface area contributed by atoms with Crippen LogP contribution in [0.4, 0.5) is 0 Å². The molecule has 0 amide bonds. The maximum atomic E-state index is 3.38. The molecule has 4 atom stereocenters. The lowest BCUT2D eigenvalue weighted by Gasteiger charge is -2.36. The van der Waals surface area contributed by atoms with Gasteiger partial charge >= 0.3 is 0 Å². The van der Waals surface area contributed by atoms with Crippen LogP contribution in [-0.4, -0.2) is 13.6 Å². The van der Waals surface area contributed by atoms with Crippen molar-refractivity contribution in [3.8, 4) is 0 Å². The molecule has 0 aromatic carbocycles. The molecule has 1 saturated carbocycles. The van der Waals surface area contributed by atoms with E-state index in [4.69, 9.17) is 0 Å². The minimum atomic E-state index is 0.926. The van der Waals surface area contributed by atoms with E-state index in [0.29, 0.717) is 0 Å². The van der Waals surface area contributed by atoms with Crippen molar-refractivity contribution < 1.29 is 0 Å². The van der Waals surface area contributed by atoms with Crippen molar-refractivity contribution in [2.75, 3.05) is 13.6 Å². The smallest absolute Gasteiger partial charge is 0.00209 e. The molecule has 0 heterocycles. The fraction of sp³-hybridized carbons (Fsp3) is 1.00.